The predicted molar refractivity (Wildman–Crippen MR) is 113 cm³/mol. The number of hydrogen-bond acceptors (Lipinski definition) is 5. The lowest BCUT2D eigenvalue weighted by atomic mass is 9.86. The summed E-state index contributed by atoms with van der Waals surface area (Å²) in [4.78, 5) is 46.2. The molecular formula is C21H30F3N5O4. The number of alkyl halides is 3. The van der Waals surface area contributed by atoms with Gasteiger partial charge in [-0.15, -0.1) is 0 Å². The predicted octanol–water partition coefficient (Wildman–Crippen LogP) is 1.75. The van der Waals surface area contributed by atoms with E-state index in [1.54, 1.807) is 19.0 Å². The Bertz CT molecular complexity index is 837. The number of amides is 3. The van der Waals surface area contributed by atoms with Crippen molar-refractivity contribution in [2.45, 2.75) is 26.1 Å². The van der Waals surface area contributed by atoms with E-state index in [2.05, 4.69) is 9.88 Å². The fraction of sp³-hybridized carbons (Fsp3) is 0.619. The fourth-order valence-electron chi connectivity index (χ4n) is 4.13. The molecule has 2 aliphatic heterocycles. The van der Waals surface area contributed by atoms with Gasteiger partial charge in [0.15, 0.2) is 0 Å². The molecule has 1 aromatic rings. The van der Waals surface area contributed by atoms with Crippen LogP contribution in [0.4, 0.5) is 18.0 Å². The van der Waals surface area contributed by atoms with Gasteiger partial charge in [-0.2, -0.15) is 13.2 Å². The van der Waals surface area contributed by atoms with Crippen LogP contribution in [0.2, 0.25) is 0 Å². The molecule has 12 heteroatoms. The van der Waals surface area contributed by atoms with Crippen molar-refractivity contribution in [3.63, 3.8) is 0 Å². The molecule has 3 amide bonds. The number of aromatic nitrogens is 1. The number of pyridine rings is 1. The Labute approximate surface area is 190 Å². The molecule has 2 fully saturated rings. The number of likely N-dealkylation sites (tertiary alicyclic amines) is 1. The average molecular weight is 473 g/mol. The van der Waals surface area contributed by atoms with Crippen LogP contribution < -0.4 is 0 Å². The number of carbonyl (C=O) groups excluding carboxylic acids is 2. The Morgan fingerprint density at radius 1 is 1.18 bits per heavy atom. The number of carboxylic acid groups (broad SMARTS) is 1. The maximum absolute atomic E-state index is 12.6. The van der Waals surface area contributed by atoms with Crippen LogP contribution in [0.3, 0.4) is 0 Å². The van der Waals surface area contributed by atoms with Crippen LogP contribution in [0.1, 0.15) is 19.0 Å². The normalized spacial score (nSPS) is 21.5. The molecule has 2 saturated heterocycles. The zero-order valence-corrected chi connectivity index (χ0v) is 19.0. The first-order valence-corrected chi connectivity index (χ1v) is 10.5. The van der Waals surface area contributed by atoms with Crippen molar-refractivity contribution in [3.8, 4) is 0 Å². The number of halogens is 3. The molecule has 0 radical (unpaired) electrons. The third-order valence-electron chi connectivity index (χ3n) is 5.57. The fourth-order valence-corrected chi connectivity index (χ4v) is 4.13. The van der Waals surface area contributed by atoms with E-state index in [0.717, 1.165) is 38.4 Å². The quantitative estimate of drug-likeness (QED) is 0.719. The zero-order valence-electron chi connectivity index (χ0n) is 19.0. The zero-order chi connectivity index (χ0) is 24.8. The number of rotatable bonds is 3. The van der Waals surface area contributed by atoms with Crippen molar-refractivity contribution in [2.24, 2.45) is 5.41 Å². The van der Waals surface area contributed by atoms with Gasteiger partial charge in [0.25, 0.3) is 0 Å². The summed E-state index contributed by atoms with van der Waals surface area (Å²) >= 11 is 0. The first-order chi connectivity index (χ1) is 15.4. The lowest BCUT2D eigenvalue weighted by molar-refractivity contribution is -0.192. The van der Waals surface area contributed by atoms with Gasteiger partial charge in [0, 0.05) is 77.9 Å². The summed E-state index contributed by atoms with van der Waals surface area (Å²) < 4.78 is 31.7. The van der Waals surface area contributed by atoms with Crippen LogP contribution >= 0.6 is 0 Å². The van der Waals surface area contributed by atoms with Crippen LogP contribution in [0.5, 0.6) is 0 Å². The van der Waals surface area contributed by atoms with E-state index >= 15 is 0 Å². The Balaban J connectivity index is 0.000000479. The van der Waals surface area contributed by atoms with Crippen molar-refractivity contribution in [1.82, 2.24) is 24.6 Å². The van der Waals surface area contributed by atoms with Gasteiger partial charge in [0.05, 0.1) is 5.69 Å². The van der Waals surface area contributed by atoms with Crippen LogP contribution in [-0.4, -0.2) is 107 Å². The molecule has 0 aromatic carbocycles. The van der Waals surface area contributed by atoms with Crippen molar-refractivity contribution in [1.29, 1.82) is 0 Å². The third-order valence-corrected chi connectivity index (χ3v) is 5.57. The van der Waals surface area contributed by atoms with E-state index in [0.29, 0.717) is 19.5 Å². The molecule has 184 valence electrons. The lowest BCUT2D eigenvalue weighted by Gasteiger charge is -2.34. The summed E-state index contributed by atoms with van der Waals surface area (Å²) in [6.07, 6.45) is -2.76. The Kier molecular flexibility index (Phi) is 8.64. The summed E-state index contributed by atoms with van der Waals surface area (Å²) in [6, 6.07) is 5.96. The summed E-state index contributed by atoms with van der Waals surface area (Å²) in [7, 11) is 3.56. The molecule has 0 saturated carbocycles. The molecule has 3 heterocycles. The Hall–Kier alpha value is -2.89. The average Bonchev–Trinajstić information content (AvgIpc) is 2.94. The van der Waals surface area contributed by atoms with Crippen molar-refractivity contribution < 1.29 is 32.7 Å². The summed E-state index contributed by atoms with van der Waals surface area (Å²) in [5, 5.41) is 7.12. The first kappa shape index (κ1) is 26.4. The molecule has 1 N–H and O–H groups in total. The number of carboxylic acids is 1. The van der Waals surface area contributed by atoms with Gasteiger partial charge in [0.1, 0.15) is 0 Å². The monoisotopic (exact) mass is 473 g/mol. The highest BCUT2D eigenvalue weighted by Crippen LogP contribution is 2.35. The molecule has 1 atom stereocenters. The Morgan fingerprint density at radius 2 is 1.85 bits per heavy atom. The summed E-state index contributed by atoms with van der Waals surface area (Å²) in [5.74, 6) is -2.56. The second-order valence-corrected chi connectivity index (χ2v) is 8.52. The minimum absolute atomic E-state index is 0.0199. The molecule has 2 aliphatic rings. The van der Waals surface area contributed by atoms with Crippen LogP contribution in [0.15, 0.2) is 24.4 Å². The van der Waals surface area contributed by atoms with Gasteiger partial charge in [-0.1, -0.05) is 6.07 Å². The van der Waals surface area contributed by atoms with Crippen molar-refractivity contribution in [3.05, 3.63) is 30.1 Å². The van der Waals surface area contributed by atoms with Gasteiger partial charge in [0.2, 0.25) is 5.91 Å². The van der Waals surface area contributed by atoms with Gasteiger partial charge < -0.3 is 19.8 Å². The van der Waals surface area contributed by atoms with E-state index in [4.69, 9.17) is 9.90 Å². The van der Waals surface area contributed by atoms with Crippen molar-refractivity contribution in [2.75, 3.05) is 53.4 Å². The number of aliphatic carboxylic acids is 1. The van der Waals surface area contributed by atoms with E-state index in [-0.39, 0.29) is 17.4 Å². The van der Waals surface area contributed by atoms with E-state index in [1.807, 2.05) is 41.1 Å². The van der Waals surface area contributed by atoms with E-state index in [1.165, 1.54) is 0 Å². The van der Waals surface area contributed by atoms with Crippen molar-refractivity contribution >= 4 is 17.9 Å². The van der Waals surface area contributed by atoms with Gasteiger partial charge in [-0.05, 0) is 19.1 Å². The molecule has 1 unspecified atom stereocenters. The smallest absolute Gasteiger partial charge is 0.475 e. The van der Waals surface area contributed by atoms with Crippen LogP contribution in [-0.2, 0) is 16.1 Å². The van der Waals surface area contributed by atoms with Crippen LogP contribution in [0.25, 0.3) is 0 Å². The summed E-state index contributed by atoms with van der Waals surface area (Å²) in [6.45, 7) is 7.10. The highest BCUT2D eigenvalue weighted by atomic mass is 19.4. The topological polar surface area (TPSA) is 97.3 Å². The molecular weight excluding hydrogens is 443 g/mol. The molecule has 0 aliphatic carbocycles. The molecule has 1 aromatic heterocycles. The molecule has 3 rings (SSSR count). The lowest BCUT2D eigenvalue weighted by Crippen LogP contribution is -2.47. The van der Waals surface area contributed by atoms with Gasteiger partial charge in [-0.25, -0.2) is 9.59 Å². The van der Waals surface area contributed by atoms with Crippen LogP contribution in [0, 0.1) is 5.41 Å². The minimum Gasteiger partial charge on any atom is -0.475 e. The Morgan fingerprint density at radius 3 is 2.33 bits per heavy atom. The SMILES string of the molecule is CCN1CC2(CC1=O)CN(Cc1ccccn1)CCN(C(=O)N(C)C)C2.O=C(O)C(F)(F)F. The minimum atomic E-state index is -5.08. The number of urea groups is 1. The van der Waals surface area contributed by atoms with E-state index < -0.39 is 12.1 Å². The number of hydrogen-bond donors (Lipinski definition) is 1. The second kappa shape index (κ2) is 10.8. The molecule has 33 heavy (non-hydrogen) atoms. The number of nitrogens with zero attached hydrogens (tertiary/aromatic N) is 5. The largest absolute Gasteiger partial charge is 0.490 e. The highest BCUT2D eigenvalue weighted by molar-refractivity contribution is 5.80. The van der Waals surface area contributed by atoms with Gasteiger partial charge in [-0.3, -0.25) is 14.7 Å². The van der Waals surface area contributed by atoms with Gasteiger partial charge >= 0.3 is 18.2 Å². The molecule has 0 bridgehead atoms. The molecule has 9 nitrogen and oxygen atoms in total. The molecule has 1 spiro atoms. The summed E-state index contributed by atoms with van der Waals surface area (Å²) in [5.41, 5.74) is 0.816. The second-order valence-electron chi connectivity index (χ2n) is 8.52. The highest BCUT2D eigenvalue weighted by Gasteiger charge is 2.47. The standard InChI is InChI=1S/C19H29N5O2.C2HF3O2/c1-4-23-14-19(11-17(23)25)13-22(12-16-7-5-6-8-20-16)9-10-24(15-19)18(26)21(2)3;3-2(4,5)1(6)7/h5-8H,4,9-15H2,1-3H3;(H,6,7). The maximum atomic E-state index is 12.6. The third kappa shape index (κ3) is 7.31. The first-order valence-electron chi connectivity index (χ1n) is 10.5. The number of carbonyl (C=O) groups is 3. The van der Waals surface area contributed by atoms with E-state index in [9.17, 15) is 22.8 Å². The maximum Gasteiger partial charge on any atom is 0.490 e.